The number of hydrogen-bond donors (Lipinski definition) is 1. The van der Waals surface area contributed by atoms with Crippen molar-refractivity contribution in [2.45, 2.75) is 32.2 Å². The van der Waals surface area contributed by atoms with E-state index in [0.717, 1.165) is 39.1 Å². The molecule has 1 saturated heterocycles. The van der Waals surface area contributed by atoms with E-state index in [1.807, 2.05) is 6.92 Å². The van der Waals surface area contributed by atoms with Gasteiger partial charge in [-0.05, 0) is 32.7 Å². The zero-order valence-electron chi connectivity index (χ0n) is 8.54. The van der Waals surface area contributed by atoms with Gasteiger partial charge in [-0.2, -0.15) is 0 Å². The van der Waals surface area contributed by atoms with Crippen LogP contribution >= 0.6 is 0 Å². The van der Waals surface area contributed by atoms with Crippen LogP contribution in [-0.4, -0.2) is 49.0 Å². The largest absolute Gasteiger partial charge is 0.395 e. The smallest absolute Gasteiger partial charge is 0.0586 e. The summed E-state index contributed by atoms with van der Waals surface area (Å²) in [5.74, 6) is 0. The maximum absolute atomic E-state index is 9.07. The van der Waals surface area contributed by atoms with E-state index in [1.165, 1.54) is 6.42 Å². The summed E-state index contributed by atoms with van der Waals surface area (Å²) in [6.07, 6.45) is 3.48. The second-order valence-corrected chi connectivity index (χ2v) is 3.57. The van der Waals surface area contributed by atoms with E-state index in [-0.39, 0.29) is 0 Å². The van der Waals surface area contributed by atoms with Crippen molar-refractivity contribution in [3.8, 4) is 0 Å². The predicted octanol–water partition coefficient (Wildman–Crippen LogP) is 0.870. The first kappa shape index (κ1) is 11.0. The molecule has 0 amide bonds. The third-order valence-electron chi connectivity index (χ3n) is 2.65. The molecule has 0 saturated carbocycles. The number of aliphatic hydroxyl groups excluding tert-OH is 1. The molecule has 1 aliphatic heterocycles. The van der Waals surface area contributed by atoms with Gasteiger partial charge in [-0.25, -0.2) is 0 Å². The lowest BCUT2D eigenvalue weighted by molar-refractivity contribution is 0.116. The summed E-state index contributed by atoms with van der Waals surface area (Å²) in [7, 11) is 0. The summed E-state index contributed by atoms with van der Waals surface area (Å²) in [5, 5.41) is 9.07. The minimum atomic E-state index is 0.314. The van der Waals surface area contributed by atoms with Crippen LogP contribution in [0.5, 0.6) is 0 Å². The molecule has 0 aromatic carbocycles. The highest BCUT2D eigenvalue weighted by atomic mass is 16.5. The lowest BCUT2D eigenvalue weighted by Crippen LogP contribution is -2.33. The molecule has 1 rings (SSSR count). The molecule has 0 bridgehead atoms. The van der Waals surface area contributed by atoms with Crippen LogP contribution in [0.1, 0.15) is 26.2 Å². The Bertz CT molecular complexity index is 130. The van der Waals surface area contributed by atoms with Crippen LogP contribution in [0.15, 0.2) is 0 Å². The topological polar surface area (TPSA) is 32.7 Å². The Morgan fingerprint density at radius 3 is 3.08 bits per heavy atom. The molecule has 3 nitrogen and oxygen atoms in total. The van der Waals surface area contributed by atoms with E-state index in [0.29, 0.717) is 12.6 Å². The fourth-order valence-electron chi connectivity index (χ4n) is 1.91. The maximum Gasteiger partial charge on any atom is 0.0586 e. The van der Waals surface area contributed by atoms with Gasteiger partial charge >= 0.3 is 0 Å². The Balaban J connectivity index is 2.06. The predicted molar refractivity (Wildman–Crippen MR) is 52.8 cm³/mol. The van der Waals surface area contributed by atoms with Crippen molar-refractivity contribution in [2.75, 3.05) is 32.9 Å². The molecule has 0 unspecified atom stereocenters. The van der Waals surface area contributed by atoms with Crippen LogP contribution in [0, 0.1) is 0 Å². The molecule has 0 radical (unpaired) electrons. The van der Waals surface area contributed by atoms with Crippen LogP contribution in [0.25, 0.3) is 0 Å². The van der Waals surface area contributed by atoms with Crippen LogP contribution in [0.3, 0.4) is 0 Å². The first-order chi connectivity index (χ1) is 6.38. The molecule has 1 fully saturated rings. The number of aliphatic hydroxyl groups is 1. The van der Waals surface area contributed by atoms with Crippen LogP contribution in [-0.2, 0) is 4.74 Å². The number of hydrogen-bond acceptors (Lipinski definition) is 3. The van der Waals surface area contributed by atoms with Gasteiger partial charge in [0.1, 0.15) is 0 Å². The van der Waals surface area contributed by atoms with Gasteiger partial charge in [0.25, 0.3) is 0 Å². The molecule has 1 N–H and O–H groups in total. The summed E-state index contributed by atoms with van der Waals surface area (Å²) in [4.78, 5) is 2.37. The Labute approximate surface area is 80.7 Å². The molecule has 13 heavy (non-hydrogen) atoms. The number of rotatable bonds is 6. The molecule has 0 aromatic rings. The summed E-state index contributed by atoms with van der Waals surface area (Å²) in [6.45, 7) is 6.22. The molecule has 1 atom stereocenters. The van der Waals surface area contributed by atoms with Gasteiger partial charge in [-0.15, -0.1) is 0 Å². The van der Waals surface area contributed by atoms with Gasteiger partial charge in [-0.1, -0.05) is 0 Å². The van der Waals surface area contributed by atoms with Crippen molar-refractivity contribution in [1.82, 2.24) is 4.90 Å². The van der Waals surface area contributed by atoms with E-state index in [2.05, 4.69) is 4.90 Å². The summed E-state index contributed by atoms with van der Waals surface area (Å²) in [6, 6.07) is 0.418. The Hall–Kier alpha value is -0.120. The Morgan fingerprint density at radius 2 is 2.38 bits per heavy atom. The van der Waals surface area contributed by atoms with Crippen molar-refractivity contribution in [3.05, 3.63) is 0 Å². The van der Waals surface area contributed by atoms with Crippen LogP contribution in [0.4, 0.5) is 0 Å². The highest BCUT2D eigenvalue weighted by Crippen LogP contribution is 2.16. The lowest BCUT2D eigenvalue weighted by atomic mass is 10.2. The first-order valence-electron chi connectivity index (χ1n) is 5.31. The Kier molecular flexibility index (Phi) is 5.35. The molecule has 1 heterocycles. The number of ether oxygens (including phenoxy) is 1. The summed E-state index contributed by atoms with van der Waals surface area (Å²) < 4.78 is 5.27. The normalized spacial score (nSPS) is 24.0. The van der Waals surface area contributed by atoms with Crippen LogP contribution < -0.4 is 0 Å². The summed E-state index contributed by atoms with van der Waals surface area (Å²) >= 11 is 0. The average molecular weight is 187 g/mol. The molecular weight excluding hydrogens is 166 g/mol. The fourth-order valence-corrected chi connectivity index (χ4v) is 1.91. The van der Waals surface area contributed by atoms with E-state index >= 15 is 0 Å². The van der Waals surface area contributed by atoms with Crippen molar-refractivity contribution >= 4 is 0 Å². The zero-order chi connectivity index (χ0) is 9.52. The first-order valence-corrected chi connectivity index (χ1v) is 5.31. The quantitative estimate of drug-likeness (QED) is 0.626. The van der Waals surface area contributed by atoms with Gasteiger partial charge in [0.15, 0.2) is 0 Å². The van der Waals surface area contributed by atoms with E-state index in [9.17, 15) is 0 Å². The molecule has 0 aliphatic carbocycles. The van der Waals surface area contributed by atoms with Crippen molar-refractivity contribution in [1.29, 1.82) is 0 Å². The lowest BCUT2D eigenvalue weighted by Gasteiger charge is -2.22. The third kappa shape index (κ3) is 3.63. The zero-order valence-corrected chi connectivity index (χ0v) is 8.54. The van der Waals surface area contributed by atoms with Gasteiger partial charge in [0.2, 0.25) is 0 Å². The van der Waals surface area contributed by atoms with Gasteiger partial charge in [-0.3, -0.25) is 4.90 Å². The van der Waals surface area contributed by atoms with Gasteiger partial charge in [0.05, 0.1) is 6.61 Å². The standard InChI is InChI=1S/C10H21NO2/c1-2-13-8-4-7-11-6-3-5-10(11)9-12/h10,12H,2-9H2,1H3/t10-/m0/s1. The highest BCUT2D eigenvalue weighted by molar-refractivity contribution is 4.77. The Morgan fingerprint density at radius 1 is 1.54 bits per heavy atom. The van der Waals surface area contributed by atoms with Gasteiger partial charge < -0.3 is 9.84 Å². The molecule has 1 aliphatic rings. The van der Waals surface area contributed by atoms with E-state index in [4.69, 9.17) is 9.84 Å². The van der Waals surface area contributed by atoms with Crippen molar-refractivity contribution in [2.24, 2.45) is 0 Å². The molecule has 3 heteroatoms. The minimum absolute atomic E-state index is 0.314. The summed E-state index contributed by atoms with van der Waals surface area (Å²) in [5.41, 5.74) is 0. The van der Waals surface area contributed by atoms with E-state index < -0.39 is 0 Å². The molecular formula is C10H21NO2. The third-order valence-corrected chi connectivity index (χ3v) is 2.65. The SMILES string of the molecule is CCOCCCN1CCC[C@H]1CO. The number of nitrogens with zero attached hydrogens (tertiary/aromatic N) is 1. The number of likely N-dealkylation sites (tertiary alicyclic amines) is 1. The van der Waals surface area contributed by atoms with E-state index in [1.54, 1.807) is 0 Å². The van der Waals surface area contributed by atoms with Crippen LogP contribution in [0.2, 0.25) is 0 Å². The highest BCUT2D eigenvalue weighted by Gasteiger charge is 2.22. The van der Waals surface area contributed by atoms with Crippen molar-refractivity contribution in [3.63, 3.8) is 0 Å². The second-order valence-electron chi connectivity index (χ2n) is 3.57. The second kappa shape index (κ2) is 6.35. The van der Waals surface area contributed by atoms with Crippen molar-refractivity contribution < 1.29 is 9.84 Å². The monoisotopic (exact) mass is 187 g/mol. The maximum atomic E-state index is 9.07. The minimum Gasteiger partial charge on any atom is -0.395 e. The average Bonchev–Trinajstić information content (AvgIpc) is 2.60. The fraction of sp³-hybridized carbons (Fsp3) is 1.00. The molecule has 78 valence electrons. The molecule has 0 aromatic heterocycles. The molecule has 0 spiro atoms. The van der Waals surface area contributed by atoms with Gasteiger partial charge in [0, 0.05) is 25.8 Å².